The summed E-state index contributed by atoms with van der Waals surface area (Å²) in [5, 5.41) is 11.1. The van der Waals surface area contributed by atoms with E-state index in [2.05, 4.69) is 0 Å². The Morgan fingerprint density at radius 1 is 0.714 bits per heavy atom. The van der Waals surface area contributed by atoms with E-state index < -0.39 is 0 Å². The zero-order valence-corrected chi connectivity index (χ0v) is 10.1. The normalized spacial score (nSPS) is 9.14. The van der Waals surface area contributed by atoms with Crippen molar-refractivity contribution in [3.05, 3.63) is 54.6 Å². The first-order valence-corrected chi connectivity index (χ1v) is 4.19. The molecule has 2 aromatic carbocycles. The van der Waals surface area contributed by atoms with Crippen LogP contribution in [0.2, 0.25) is 0 Å². The Bertz CT molecular complexity index is 398. The monoisotopic (exact) mass is 192 g/mol. The van der Waals surface area contributed by atoms with Gasteiger partial charge >= 0.3 is 29.6 Å². The van der Waals surface area contributed by atoms with Crippen LogP contribution in [0.5, 0.6) is 5.75 Å². The van der Waals surface area contributed by atoms with E-state index in [4.69, 9.17) is 0 Å². The fraction of sp³-hybridized carbons (Fsp3) is 0. The second-order valence-electron chi connectivity index (χ2n) is 2.89. The van der Waals surface area contributed by atoms with E-state index in [0.29, 0.717) is 0 Å². The SMILES string of the molecule is [Na+].[O-]c1cccc(-c2ccccc2)c1. The minimum Gasteiger partial charge on any atom is -0.872 e. The summed E-state index contributed by atoms with van der Waals surface area (Å²) in [4.78, 5) is 0. The van der Waals surface area contributed by atoms with Gasteiger partial charge in [-0.25, -0.2) is 0 Å². The first-order chi connectivity index (χ1) is 6.36. The molecular formula is C12H9NaO. The molecule has 0 N–H and O–H groups in total. The van der Waals surface area contributed by atoms with Crippen molar-refractivity contribution in [1.82, 2.24) is 0 Å². The molecule has 0 fully saturated rings. The van der Waals surface area contributed by atoms with E-state index in [9.17, 15) is 5.11 Å². The average molecular weight is 192 g/mol. The molecule has 14 heavy (non-hydrogen) atoms. The van der Waals surface area contributed by atoms with Gasteiger partial charge in [0.1, 0.15) is 0 Å². The summed E-state index contributed by atoms with van der Waals surface area (Å²) >= 11 is 0. The van der Waals surface area contributed by atoms with Crippen molar-refractivity contribution < 1.29 is 34.7 Å². The average Bonchev–Trinajstić information content (AvgIpc) is 2.19. The first kappa shape index (κ1) is 11.3. The Morgan fingerprint density at radius 2 is 1.36 bits per heavy atom. The van der Waals surface area contributed by atoms with Crippen molar-refractivity contribution in [3.63, 3.8) is 0 Å². The van der Waals surface area contributed by atoms with Crippen LogP contribution in [0.1, 0.15) is 0 Å². The largest absolute Gasteiger partial charge is 1.00 e. The molecule has 1 nitrogen and oxygen atoms in total. The standard InChI is InChI=1S/C12H10O.Na/c13-12-8-4-7-11(9-12)10-5-2-1-3-6-10;/h1-9,13H;/q;+1/p-1. The van der Waals surface area contributed by atoms with Crippen molar-refractivity contribution in [2.45, 2.75) is 0 Å². The molecule has 0 aliphatic carbocycles. The van der Waals surface area contributed by atoms with Gasteiger partial charge in [0.05, 0.1) is 0 Å². The summed E-state index contributed by atoms with van der Waals surface area (Å²) in [6, 6.07) is 16.8. The molecule has 0 amide bonds. The summed E-state index contributed by atoms with van der Waals surface area (Å²) in [7, 11) is 0. The predicted molar refractivity (Wildman–Crippen MR) is 51.3 cm³/mol. The van der Waals surface area contributed by atoms with Gasteiger partial charge in [-0.1, -0.05) is 54.6 Å². The van der Waals surface area contributed by atoms with Gasteiger partial charge in [0.25, 0.3) is 0 Å². The van der Waals surface area contributed by atoms with Gasteiger partial charge in [0, 0.05) is 0 Å². The quantitative estimate of drug-likeness (QED) is 0.555. The number of rotatable bonds is 1. The molecule has 0 aromatic heterocycles. The molecule has 0 heterocycles. The van der Waals surface area contributed by atoms with Crippen LogP contribution in [0, 0.1) is 0 Å². The number of benzene rings is 2. The molecule has 0 saturated carbocycles. The maximum Gasteiger partial charge on any atom is 1.00 e. The third kappa shape index (κ3) is 2.61. The molecule has 0 radical (unpaired) electrons. The minimum atomic E-state index is 0. The van der Waals surface area contributed by atoms with Crippen LogP contribution in [0.4, 0.5) is 0 Å². The van der Waals surface area contributed by atoms with Crippen molar-refractivity contribution in [3.8, 4) is 16.9 Å². The summed E-state index contributed by atoms with van der Waals surface area (Å²) in [6.45, 7) is 0. The van der Waals surface area contributed by atoms with Crippen LogP contribution in [-0.4, -0.2) is 0 Å². The van der Waals surface area contributed by atoms with Gasteiger partial charge in [0.2, 0.25) is 0 Å². The maximum atomic E-state index is 11.1. The van der Waals surface area contributed by atoms with Gasteiger partial charge in [-0.3, -0.25) is 0 Å². The van der Waals surface area contributed by atoms with Crippen molar-refractivity contribution in [1.29, 1.82) is 0 Å². The van der Waals surface area contributed by atoms with E-state index in [1.165, 1.54) is 0 Å². The Labute approximate surface area is 106 Å². The third-order valence-electron chi connectivity index (χ3n) is 1.94. The van der Waals surface area contributed by atoms with Crippen molar-refractivity contribution in [2.24, 2.45) is 0 Å². The van der Waals surface area contributed by atoms with Crippen LogP contribution in [-0.2, 0) is 0 Å². The summed E-state index contributed by atoms with van der Waals surface area (Å²) in [5.41, 5.74) is 2.06. The molecule has 0 atom stereocenters. The van der Waals surface area contributed by atoms with Gasteiger partial charge in [-0.05, 0) is 11.1 Å². The second kappa shape index (κ2) is 5.20. The van der Waals surface area contributed by atoms with E-state index in [1.807, 2.05) is 36.4 Å². The molecule has 2 heteroatoms. The van der Waals surface area contributed by atoms with Gasteiger partial charge < -0.3 is 5.11 Å². The predicted octanol–water partition coefficient (Wildman–Crippen LogP) is -0.569. The van der Waals surface area contributed by atoms with Gasteiger partial charge in [-0.15, -0.1) is 5.75 Å². The Kier molecular flexibility index (Phi) is 4.21. The number of hydrogen-bond acceptors (Lipinski definition) is 1. The minimum absolute atomic E-state index is 0. The topological polar surface area (TPSA) is 23.1 Å². The van der Waals surface area contributed by atoms with E-state index in [-0.39, 0.29) is 35.3 Å². The van der Waals surface area contributed by atoms with E-state index in [1.54, 1.807) is 18.2 Å². The van der Waals surface area contributed by atoms with Crippen LogP contribution in [0.3, 0.4) is 0 Å². The van der Waals surface area contributed by atoms with Gasteiger partial charge in [-0.2, -0.15) is 0 Å². The van der Waals surface area contributed by atoms with Crippen molar-refractivity contribution >= 4 is 0 Å². The summed E-state index contributed by atoms with van der Waals surface area (Å²) < 4.78 is 0. The Balaban J connectivity index is 0.000000980. The smallest absolute Gasteiger partial charge is 0.872 e. The van der Waals surface area contributed by atoms with Crippen LogP contribution < -0.4 is 34.7 Å². The molecule has 0 spiro atoms. The fourth-order valence-electron chi connectivity index (χ4n) is 1.31. The zero-order chi connectivity index (χ0) is 9.10. The number of hydrogen-bond donors (Lipinski definition) is 0. The third-order valence-corrected chi connectivity index (χ3v) is 1.94. The van der Waals surface area contributed by atoms with Crippen molar-refractivity contribution in [2.75, 3.05) is 0 Å². The molecule has 0 bridgehead atoms. The second-order valence-corrected chi connectivity index (χ2v) is 2.89. The molecule has 0 aliphatic heterocycles. The zero-order valence-electron chi connectivity index (χ0n) is 8.10. The van der Waals surface area contributed by atoms with Crippen LogP contribution >= 0.6 is 0 Å². The van der Waals surface area contributed by atoms with E-state index >= 15 is 0 Å². The Morgan fingerprint density at radius 3 is 2.00 bits per heavy atom. The van der Waals surface area contributed by atoms with Gasteiger partial charge in [0.15, 0.2) is 0 Å². The van der Waals surface area contributed by atoms with Crippen LogP contribution in [0.25, 0.3) is 11.1 Å². The molecule has 2 rings (SSSR count). The van der Waals surface area contributed by atoms with E-state index in [0.717, 1.165) is 11.1 Å². The maximum absolute atomic E-state index is 11.1. The molecule has 0 aliphatic rings. The molecule has 2 aromatic rings. The molecule has 64 valence electrons. The first-order valence-electron chi connectivity index (χ1n) is 4.19. The summed E-state index contributed by atoms with van der Waals surface area (Å²) in [5.74, 6) is 0.0568. The fourth-order valence-corrected chi connectivity index (χ4v) is 1.31. The van der Waals surface area contributed by atoms with Crippen LogP contribution in [0.15, 0.2) is 54.6 Å². The molecule has 0 saturated heterocycles. The molecule has 0 unspecified atom stereocenters. The Hall–Kier alpha value is -0.760. The summed E-state index contributed by atoms with van der Waals surface area (Å²) in [6.07, 6.45) is 0. The molecular weight excluding hydrogens is 183 g/mol.